The molecule has 0 atom stereocenters. The van der Waals surface area contributed by atoms with E-state index in [1.165, 1.54) is 87.3 Å². The lowest BCUT2D eigenvalue weighted by molar-refractivity contribution is 0.551. The summed E-state index contributed by atoms with van der Waals surface area (Å²) in [7, 11) is 0. The molecule has 0 nitrogen and oxygen atoms in total. The fraction of sp³-hybridized carbons (Fsp3) is 0.583. The third kappa shape index (κ3) is 7.39. The predicted octanol–water partition coefficient (Wildman–Crippen LogP) is 7.33. The Kier molecular flexibility index (Phi) is 9.40. The van der Waals surface area contributed by atoms with Crippen LogP contribution in [0.3, 0.4) is 0 Å². The first-order valence-corrected chi connectivity index (χ1v) is 10.2. The van der Waals surface area contributed by atoms with E-state index in [-0.39, 0.29) is 0 Å². The summed E-state index contributed by atoms with van der Waals surface area (Å²) < 4.78 is 0. The minimum absolute atomic E-state index is 1.03. The molecule has 0 radical (unpaired) electrons. The zero-order chi connectivity index (χ0) is 16.9. The predicted molar refractivity (Wildman–Crippen MR) is 107 cm³/mol. The van der Waals surface area contributed by atoms with E-state index in [0.717, 1.165) is 12.8 Å². The molecule has 0 amide bonds. The van der Waals surface area contributed by atoms with Gasteiger partial charge in [0.25, 0.3) is 0 Å². The van der Waals surface area contributed by atoms with Crippen LogP contribution in [0.1, 0.15) is 95.1 Å². The lowest BCUT2D eigenvalue weighted by atomic mass is 10.1. The Labute approximate surface area is 149 Å². The first-order valence-electron chi connectivity index (χ1n) is 10.2. The summed E-state index contributed by atoms with van der Waals surface area (Å²) in [5.41, 5.74) is 4.08. The topological polar surface area (TPSA) is 0 Å². The van der Waals surface area contributed by atoms with Gasteiger partial charge in [0.05, 0.1) is 0 Å². The van der Waals surface area contributed by atoms with E-state index in [1.54, 1.807) is 0 Å². The molecule has 0 heterocycles. The van der Waals surface area contributed by atoms with Crippen LogP contribution in [0.5, 0.6) is 0 Å². The van der Waals surface area contributed by atoms with Crippen molar-refractivity contribution >= 4 is 6.08 Å². The van der Waals surface area contributed by atoms with Crippen molar-refractivity contribution in [3.63, 3.8) is 0 Å². The van der Waals surface area contributed by atoms with Crippen LogP contribution in [0, 0.1) is 11.8 Å². The Morgan fingerprint density at radius 1 is 0.792 bits per heavy atom. The quantitative estimate of drug-likeness (QED) is 0.295. The summed E-state index contributed by atoms with van der Waals surface area (Å²) in [6.45, 7) is 2.29. The molecule has 0 aromatic heterocycles. The van der Waals surface area contributed by atoms with Gasteiger partial charge in [0.2, 0.25) is 0 Å². The lowest BCUT2D eigenvalue weighted by Gasteiger charge is -2.01. The largest absolute Gasteiger partial charge is 0.0982 e. The maximum Gasteiger partial charge on any atom is 0.00923 e. The van der Waals surface area contributed by atoms with Crippen LogP contribution in [0.25, 0.3) is 6.08 Å². The average Bonchev–Trinajstić information content (AvgIpc) is 3.02. The van der Waals surface area contributed by atoms with Gasteiger partial charge in [-0.1, -0.05) is 107 Å². The number of allylic oxidation sites excluding steroid dienone is 1. The molecule has 0 spiro atoms. The summed E-state index contributed by atoms with van der Waals surface area (Å²) >= 11 is 0. The zero-order valence-electron chi connectivity index (χ0n) is 15.6. The first-order chi connectivity index (χ1) is 11.9. The van der Waals surface area contributed by atoms with E-state index in [9.17, 15) is 0 Å². The van der Waals surface area contributed by atoms with Crippen molar-refractivity contribution in [1.29, 1.82) is 0 Å². The van der Waals surface area contributed by atoms with Crippen molar-refractivity contribution in [3.8, 4) is 11.8 Å². The minimum atomic E-state index is 1.03. The summed E-state index contributed by atoms with van der Waals surface area (Å²) in [5.74, 6) is 6.75. The van der Waals surface area contributed by atoms with Gasteiger partial charge in [0.1, 0.15) is 0 Å². The van der Waals surface area contributed by atoms with E-state index < -0.39 is 0 Å². The number of unbranched alkanes of at least 4 members (excludes halogenated alkanes) is 11. The highest BCUT2D eigenvalue weighted by Crippen LogP contribution is 2.23. The van der Waals surface area contributed by atoms with Crippen LogP contribution >= 0.6 is 0 Å². The highest BCUT2D eigenvalue weighted by atomic mass is 14.1. The van der Waals surface area contributed by atoms with Crippen LogP contribution in [0.15, 0.2) is 29.8 Å². The molecule has 0 fully saturated rings. The highest BCUT2D eigenvalue weighted by molar-refractivity contribution is 5.67. The van der Waals surface area contributed by atoms with Crippen molar-refractivity contribution in [1.82, 2.24) is 0 Å². The molecule has 1 aromatic rings. The van der Waals surface area contributed by atoms with E-state index in [2.05, 4.69) is 49.1 Å². The molecule has 130 valence electrons. The molecule has 0 bridgehead atoms. The van der Waals surface area contributed by atoms with Crippen molar-refractivity contribution in [3.05, 3.63) is 41.0 Å². The monoisotopic (exact) mass is 322 g/mol. The maximum absolute atomic E-state index is 3.38. The van der Waals surface area contributed by atoms with Crippen molar-refractivity contribution in [2.45, 2.75) is 90.4 Å². The number of benzene rings is 1. The number of hydrogen-bond donors (Lipinski definition) is 0. The molecule has 1 aliphatic rings. The van der Waals surface area contributed by atoms with Crippen LogP contribution in [-0.2, 0) is 6.42 Å². The second-order valence-corrected chi connectivity index (χ2v) is 7.13. The van der Waals surface area contributed by atoms with Crippen LogP contribution in [-0.4, -0.2) is 0 Å². The smallest absolute Gasteiger partial charge is 0.00923 e. The number of hydrogen-bond acceptors (Lipinski definition) is 0. The Hall–Kier alpha value is -1.48. The van der Waals surface area contributed by atoms with Gasteiger partial charge in [-0.15, -0.1) is 0 Å². The Morgan fingerprint density at radius 3 is 2.08 bits per heavy atom. The second-order valence-electron chi connectivity index (χ2n) is 7.13. The van der Waals surface area contributed by atoms with E-state index in [4.69, 9.17) is 0 Å². The fourth-order valence-electron chi connectivity index (χ4n) is 3.41. The van der Waals surface area contributed by atoms with Gasteiger partial charge < -0.3 is 0 Å². The first kappa shape index (κ1) is 18.9. The molecule has 0 N–H and O–H groups in total. The minimum Gasteiger partial charge on any atom is -0.0982 e. The molecule has 2 rings (SSSR count). The SMILES string of the molecule is CCCCCCCCCCCCCC#CC1=Cc2ccccc2C1. The summed E-state index contributed by atoms with van der Waals surface area (Å²) in [6.07, 6.45) is 19.8. The van der Waals surface area contributed by atoms with E-state index in [1.807, 2.05) is 0 Å². The molecule has 0 heteroatoms. The third-order valence-corrected chi connectivity index (χ3v) is 4.92. The van der Waals surface area contributed by atoms with Crippen molar-refractivity contribution in [2.24, 2.45) is 0 Å². The molecule has 1 aromatic carbocycles. The van der Waals surface area contributed by atoms with Gasteiger partial charge in [-0.25, -0.2) is 0 Å². The van der Waals surface area contributed by atoms with Gasteiger partial charge in [-0.05, 0) is 23.6 Å². The van der Waals surface area contributed by atoms with E-state index >= 15 is 0 Å². The standard InChI is InChI=1S/C24H34/c1-2-3-4-5-6-7-8-9-10-11-12-13-14-17-22-20-23-18-15-16-19-24(23)21-22/h15-16,18-20H,2-13,21H2,1H3. The molecule has 1 aliphatic carbocycles. The molecule has 0 saturated carbocycles. The Morgan fingerprint density at radius 2 is 1.42 bits per heavy atom. The van der Waals surface area contributed by atoms with Gasteiger partial charge in [-0.2, -0.15) is 0 Å². The van der Waals surface area contributed by atoms with Gasteiger partial charge in [0.15, 0.2) is 0 Å². The molecule has 0 unspecified atom stereocenters. The van der Waals surface area contributed by atoms with Crippen LogP contribution < -0.4 is 0 Å². The maximum atomic E-state index is 3.38. The second kappa shape index (κ2) is 12.0. The molecular weight excluding hydrogens is 288 g/mol. The molecule has 0 aliphatic heterocycles. The number of rotatable bonds is 11. The van der Waals surface area contributed by atoms with Crippen molar-refractivity contribution < 1.29 is 0 Å². The van der Waals surface area contributed by atoms with Gasteiger partial charge in [0, 0.05) is 18.4 Å². The van der Waals surface area contributed by atoms with Gasteiger partial charge >= 0.3 is 0 Å². The Bertz CT molecular complexity index is 553. The molecule has 24 heavy (non-hydrogen) atoms. The Balaban J connectivity index is 1.43. The van der Waals surface area contributed by atoms with E-state index in [0.29, 0.717) is 0 Å². The molecular formula is C24H34. The normalized spacial score (nSPS) is 12.5. The van der Waals surface area contributed by atoms with Crippen LogP contribution in [0.2, 0.25) is 0 Å². The van der Waals surface area contributed by atoms with Gasteiger partial charge in [-0.3, -0.25) is 0 Å². The molecule has 0 saturated heterocycles. The average molecular weight is 323 g/mol. The zero-order valence-corrected chi connectivity index (χ0v) is 15.6. The van der Waals surface area contributed by atoms with Crippen molar-refractivity contribution in [2.75, 3.05) is 0 Å². The fourth-order valence-corrected chi connectivity index (χ4v) is 3.41. The van der Waals surface area contributed by atoms with Crippen LogP contribution in [0.4, 0.5) is 0 Å². The summed E-state index contributed by atoms with van der Waals surface area (Å²) in [6, 6.07) is 8.63. The number of fused-ring (bicyclic) bond motifs is 1. The third-order valence-electron chi connectivity index (χ3n) is 4.92. The summed E-state index contributed by atoms with van der Waals surface area (Å²) in [5, 5.41) is 0. The lowest BCUT2D eigenvalue weighted by Crippen LogP contribution is -1.82. The summed E-state index contributed by atoms with van der Waals surface area (Å²) in [4.78, 5) is 0. The highest BCUT2D eigenvalue weighted by Gasteiger charge is 2.09.